The lowest BCUT2D eigenvalue weighted by Gasteiger charge is -2.05. The lowest BCUT2D eigenvalue weighted by atomic mass is 10.3. The van der Waals surface area contributed by atoms with Crippen LogP contribution in [0.15, 0.2) is 0 Å². The van der Waals surface area contributed by atoms with Crippen molar-refractivity contribution in [2.45, 2.75) is 19.8 Å². The maximum atomic E-state index is 10.1. The van der Waals surface area contributed by atoms with Gasteiger partial charge in [-0.3, -0.25) is 4.79 Å². The smallest absolute Gasteiger partial charge is 0.303 e. The number of hydrogen-bond acceptors (Lipinski definition) is 4. The van der Waals surface area contributed by atoms with Crippen molar-refractivity contribution in [1.29, 1.82) is 0 Å². The Kier molecular flexibility index (Phi) is 10.9. The van der Waals surface area contributed by atoms with Crippen molar-refractivity contribution in [3.05, 3.63) is 0 Å². The lowest BCUT2D eigenvalue weighted by molar-refractivity contribution is -0.137. The van der Waals surface area contributed by atoms with Crippen molar-refractivity contribution in [2.24, 2.45) is 0 Å². The summed E-state index contributed by atoms with van der Waals surface area (Å²) in [6.45, 7) is 5.33. The molecule has 0 heterocycles. The first kappa shape index (κ1) is 14.3. The molecule has 0 rings (SSSR count). The van der Waals surface area contributed by atoms with E-state index in [4.69, 9.17) is 19.3 Å². The minimum absolute atomic E-state index is 0.158. The summed E-state index contributed by atoms with van der Waals surface area (Å²) >= 11 is 0. The van der Waals surface area contributed by atoms with Gasteiger partial charge < -0.3 is 19.3 Å². The first-order valence-corrected chi connectivity index (χ1v) is 5.22. The molecule has 0 unspecified atom stereocenters. The van der Waals surface area contributed by atoms with Crippen LogP contribution < -0.4 is 0 Å². The second kappa shape index (κ2) is 11.4. The number of carbonyl (C=O) groups is 1. The fourth-order valence-corrected chi connectivity index (χ4v) is 0.910. The monoisotopic (exact) mass is 220 g/mol. The summed E-state index contributed by atoms with van der Waals surface area (Å²) in [5.74, 6) is -0.786. The third-order valence-corrected chi connectivity index (χ3v) is 1.63. The van der Waals surface area contributed by atoms with Crippen molar-refractivity contribution < 1.29 is 24.1 Å². The van der Waals surface area contributed by atoms with Gasteiger partial charge in [-0.2, -0.15) is 0 Å². The molecule has 0 saturated carbocycles. The van der Waals surface area contributed by atoms with Crippen LogP contribution in [-0.2, 0) is 19.0 Å². The molecule has 0 aliphatic heterocycles. The van der Waals surface area contributed by atoms with Crippen LogP contribution in [0, 0.1) is 0 Å². The topological polar surface area (TPSA) is 65.0 Å². The van der Waals surface area contributed by atoms with Gasteiger partial charge in [-0.1, -0.05) is 0 Å². The molecular formula is C10H20O5. The van der Waals surface area contributed by atoms with Crippen LogP contribution in [0.3, 0.4) is 0 Å². The van der Waals surface area contributed by atoms with Crippen LogP contribution >= 0.6 is 0 Å². The van der Waals surface area contributed by atoms with E-state index in [1.54, 1.807) is 0 Å². The van der Waals surface area contributed by atoms with E-state index in [-0.39, 0.29) is 6.42 Å². The predicted molar refractivity (Wildman–Crippen MR) is 55.0 cm³/mol. The summed E-state index contributed by atoms with van der Waals surface area (Å²) in [4.78, 5) is 10.1. The molecule has 0 aliphatic carbocycles. The highest BCUT2D eigenvalue weighted by Gasteiger charge is 1.96. The highest BCUT2D eigenvalue weighted by atomic mass is 16.5. The standard InChI is InChI=1S/C10H20O5/c1-2-13-6-7-15-9-8-14-5-3-4-10(11)12/h2-9H2,1H3,(H,11,12). The van der Waals surface area contributed by atoms with E-state index >= 15 is 0 Å². The summed E-state index contributed by atoms with van der Waals surface area (Å²) in [6, 6.07) is 0. The molecular weight excluding hydrogens is 200 g/mol. The summed E-state index contributed by atoms with van der Waals surface area (Å²) in [5, 5.41) is 8.34. The van der Waals surface area contributed by atoms with Crippen LogP contribution in [0.25, 0.3) is 0 Å². The molecule has 0 spiro atoms. The van der Waals surface area contributed by atoms with Gasteiger partial charge in [0.2, 0.25) is 0 Å². The molecule has 90 valence electrons. The molecule has 5 heteroatoms. The molecule has 0 aromatic rings. The maximum Gasteiger partial charge on any atom is 0.303 e. The van der Waals surface area contributed by atoms with Crippen molar-refractivity contribution in [3.63, 3.8) is 0 Å². The molecule has 0 aromatic heterocycles. The number of hydrogen-bond donors (Lipinski definition) is 1. The molecule has 15 heavy (non-hydrogen) atoms. The number of ether oxygens (including phenoxy) is 3. The van der Waals surface area contributed by atoms with Crippen molar-refractivity contribution >= 4 is 5.97 Å². The molecule has 0 aliphatic rings. The van der Waals surface area contributed by atoms with E-state index < -0.39 is 5.97 Å². The zero-order valence-electron chi connectivity index (χ0n) is 9.24. The Morgan fingerprint density at radius 3 is 2.07 bits per heavy atom. The largest absolute Gasteiger partial charge is 0.481 e. The van der Waals surface area contributed by atoms with Gasteiger partial charge in [0, 0.05) is 19.6 Å². The van der Waals surface area contributed by atoms with E-state index in [1.807, 2.05) is 6.92 Å². The van der Waals surface area contributed by atoms with Gasteiger partial charge in [-0.25, -0.2) is 0 Å². The third kappa shape index (κ3) is 13.3. The first-order chi connectivity index (χ1) is 7.27. The van der Waals surface area contributed by atoms with Gasteiger partial charge in [0.1, 0.15) is 0 Å². The fraction of sp³-hybridized carbons (Fsp3) is 0.900. The molecule has 0 radical (unpaired) electrons. The second-order valence-corrected chi connectivity index (χ2v) is 2.92. The second-order valence-electron chi connectivity index (χ2n) is 2.92. The van der Waals surface area contributed by atoms with E-state index in [2.05, 4.69) is 0 Å². The molecule has 0 bridgehead atoms. The zero-order chi connectivity index (χ0) is 11.4. The summed E-state index contributed by atoms with van der Waals surface area (Å²) in [6.07, 6.45) is 0.708. The van der Waals surface area contributed by atoms with Gasteiger partial charge in [0.05, 0.1) is 26.4 Å². The SMILES string of the molecule is CCOCCOCCOCCCC(=O)O. The molecule has 0 amide bonds. The third-order valence-electron chi connectivity index (χ3n) is 1.63. The normalized spacial score (nSPS) is 10.5. The number of rotatable bonds is 11. The van der Waals surface area contributed by atoms with Crippen LogP contribution in [0.4, 0.5) is 0 Å². The minimum Gasteiger partial charge on any atom is -0.481 e. The minimum atomic E-state index is -0.786. The first-order valence-electron chi connectivity index (χ1n) is 5.22. The van der Waals surface area contributed by atoms with Gasteiger partial charge in [0.25, 0.3) is 0 Å². The maximum absolute atomic E-state index is 10.1. The quantitative estimate of drug-likeness (QED) is 0.524. The summed E-state index contributed by atoms with van der Waals surface area (Å²) < 4.78 is 15.4. The Bertz CT molecular complexity index is 149. The zero-order valence-corrected chi connectivity index (χ0v) is 9.24. The van der Waals surface area contributed by atoms with Crippen LogP contribution in [0.1, 0.15) is 19.8 Å². The highest BCUT2D eigenvalue weighted by Crippen LogP contribution is 1.90. The van der Waals surface area contributed by atoms with Crippen molar-refractivity contribution in [2.75, 3.05) is 39.6 Å². The van der Waals surface area contributed by atoms with Crippen molar-refractivity contribution in [1.82, 2.24) is 0 Å². The Hall–Kier alpha value is -0.650. The highest BCUT2D eigenvalue weighted by molar-refractivity contribution is 5.66. The van der Waals surface area contributed by atoms with Gasteiger partial charge in [0.15, 0.2) is 0 Å². The van der Waals surface area contributed by atoms with Crippen LogP contribution in [-0.4, -0.2) is 50.7 Å². The summed E-state index contributed by atoms with van der Waals surface area (Å²) in [7, 11) is 0. The van der Waals surface area contributed by atoms with Crippen LogP contribution in [0.2, 0.25) is 0 Å². The fourth-order valence-electron chi connectivity index (χ4n) is 0.910. The van der Waals surface area contributed by atoms with Crippen LogP contribution in [0.5, 0.6) is 0 Å². The number of carboxylic acid groups (broad SMARTS) is 1. The van der Waals surface area contributed by atoms with E-state index in [9.17, 15) is 4.79 Å². The average molecular weight is 220 g/mol. The Balaban J connectivity index is 2.89. The van der Waals surface area contributed by atoms with Crippen molar-refractivity contribution in [3.8, 4) is 0 Å². The Morgan fingerprint density at radius 2 is 1.53 bits per heavy atom. The van der Waals surface area contributed by atoms with E-state index in [0.717, 1.165) is 0 Å². The molecule has 1 N–H and O–H groups in total. The predicted octanol–water partition coefficient (Wildman–Crippen LogP) is 0.921. The average Bonchev–Trinajstić information content (AvgIpc) is 2.20. The molecule has 0 atom stereocenters. The lowest BCUT2D eigenvalue weighted by Crippen LogP contribution is -2.10. The summed E-state index contributed by atoms with van der Waals surface area (Å²) in [5.41, 5.74) is 0. The molecule has 0 aromatic carbocycles. The Labute approximate surface area is 90.3 Å². The number of aliphatic carboxylic acids is 1. The van der Waals surface area contributed by atoms with Gasteiger partial charge in [-0.15, -0.1) is 0 Å². The molecule has 0 fully saturated rings. The Morgan fingerprint density at radius 1 is 1.00 bits per heavy atom. The molecule has 5 nitrogen and oxygen atoms in total. The van der Waals surface area contributed by atoms with E-state index in [0.29, 0.717) is 46.1 Å². The van der Waals surface area contributed by atoms with E-state index in [1.165, 1.54) is 0 Å². The molecule has 0 saturated heterocycles. The van der Waals surface area contributed by atoms with Gasteiger partial charge >= 0.3 is 5.97 Å². The van der Waals surface area contributed by atoms with Gasteiger partial charge in [-0.05, 0) is 13.3 Å². The number of carboxylic acids is 1.